The Labute approximate surface area is 114 Å². The van der Waals surface area contributed by atoms with Crippen LogP contribution in [-0.2, 0) is 11.2 Å². The van der Waals surface area contributed by atoms with Crippen LogP contribution in [0.1, 0.15) is 18.9 Å². The molecule has 0 bridgehead atoms. The first-order valence-corrected chi connectivity index (χ1v) is 7.19. The van der Waals surface area contributed by atoms with Crippen LogP contribution in [-0.4, -0.2) is 18.0 Å². The maximum absolute atomic E-state index is 13.8. The van der Waals surface area contributed by atoms with Crippen LogP contribution in [0.5, 0.6) is 0 Å². The van der Waals surface area contributed by atoms with Crippen LogP contribution in [0.3, 0.4) is 0 Å². The van der Waals surface area contributed by atoms with Gasteiger partial charge in [-0.15, -0.1) is 0 Å². The van der Waals surface area contributed by atoms with Crippen molar-refractivity contribution in [1.82, 2.24) is 0 Å². The van der Waals surface area contributed by atoms with Crippen molar-refractivity contribution in [3.05, 3.63) is 34.6 Å². The second-order valence-electron chi connectivity index (χ2n) is 4.64. The van der Waals surface area contributed by atoms with Crippen LogP contribution in [0.25, 0.3) is 0 Å². The van der Waals surface area contributed by atoms with Gasteiger partial charge in [0, 0.05) is 27.9 Å². The van der Waals surface area contributed by atoms with E-state index < -0.39 is 0 Å². The Kier molecular flexibility index (Phi) is 4.11. The van der Waals surface area contributed by atoms with Crippen LogP contribution >= 0.6 is 27.5 Å². The standard InChI is InChI=1S/C13H15BrClFO/c1-9-13(8-14,5-6-17-9)7-10-11(15)3-2-4-12(10)16/h2-4,9H,5-8H2,1H3. The summed E-state index contributed by atoms with van der Waals surface area (Å²) in [5.41, 5.74) is 0.553. The summed E-state index contributed by atoms with van der Waals surface area (Å²) >= 11 is 9.61. The molecule has 4 heteroatoms. The van der Waals surface area contributed by atoms with Crippen LogP contribution in [0.2, 0.25) is 5.02 Å². The number of rotatable bonds is 3. The third-order valence-corrected chi connectivity index (χ3v) is 5.16. The summed E-state index contributed by atoms with van der Waals surface area (Å²) < 4.78 is 19.4. The highest BCUT2D eigenvalue weighted by Gasteiger charge is 2.41. The number of halogens is 3. The molecular weight excluding hydrogens is 306 g/mol. The van der Waals surface area contributed by atoms with Crippen molar-refractivity contribution in [2.24, 2.45) is 5.41 Å². The van der Waals surface area contributed by atoms with E-state index in [4.69, 9.17) is 16.3 Å². The zero-order valence-electron chi connectivity index (χ0n) is 9.68. The Morgan fingerprint density at radius 2 is 2.35 bits per heavy atom. The number of hydrogen-bond donors (Lipinski definition) is 0. The van der Waals surface area contributed by atoms with E-state index in [2.05, 4.69) is 15.9 Å². The van der Waals surface area contributed by atoms with E-state index in [0.29, 0.717) is 17.0 Å². The lowest BCUT2D eigenvalue weighted by atomic mass is 9.78. The van der Waals surface area contributed by atoms with Crippen molar-refractivity contribution in [2.75, 3.05) is 11.9 Å². The van der Waals surface area contributed by atoms with Gasteiger partial charge in [-0.3, -0.25) is 0 Å². The van der Waals surface area contributed by atoms with E-state index in [1.165, 1.54) is 6.07 Å². The highest BCUT2D eigenvalue weighted by Crippen LogP contribution is 2.41. The Hall–Kier alpha value is -0.120. The van der Waals surface area contributed by atoms with Crippen LogP contribution in [0.4, 0.5) is 4.39 Å². The fraction of sp³-hybridized carbons (Fsp3) is 0.538. The lowest BCUT2D eigenvalue weighted by molar-refractivity contribution is 0.0743. The first-order chi connectivity index (χ1) is 8.09. The maximum atomic E-state index is 13.8. The molecule has 1 heterocycles. The predicted molar refractivity (Wildman–Crippen MR) is 71.4 cm³/mol. The lowest BCUT2D eigenvalue weighted by Gasteiger charge is -2.30. The topological polar surface area (TPSA) is 9.23 Å². The summed E-state index contributed by atoms with van der Waals surface area (Å²) in [7, 11) is 0. The molecule has 0 N–H and O–H groups in total. The monoisotopic (exact) mass is 320 g/mol. The summed E-state index contributed by atoms with van der Waals surface area (Å²) in [6.07, 6.45) is 1.67. The van der Waals surface area contributed by atoms with Gasteiger partial charge in [0.1, 0.15) is 5.82 Å². The van der Waals surface area contributed by atoms with Gasteiger partial charge in [-0.2, -0.15) is 0 Å². The van der Waals surface area contributed by atoms with Crippen molar-refractivity contribution in [3.63, 3.8) is 0 Å². The molecule has 0 aliphatic carbocycles. The zero-order valence-corrected chi connectivity index (χ0v) is 12.0. The molecule has 0 spiro atoms. The molecule has 1 aromatic carbocycles. The van der Waals surface area contributed by atoms with Gasteiger partial charge in [0.05, 0.1) is 6.10 Å². The number of benzene rings is 1. The minimum Gasteiger partial charge on any atom is -0.378 e. The Morgan fingerprint density at radius 1 is 1.59 bits per heavy atom. The zero-order chi connectivity index (χ0) is 12.5. The largest absolute Gasteiger partial charge is 0.378 e. The number of hydrogen-bond acceptors (Lipinski definition) is 1. The lowest BCUT2D eigenvalue weighted by Crippen LogP contribution is -2.33. The van der Waals surface area contributed by atoms with E-state index in [1.807, 2.05) is 6.92 Å². The molecule has 1 nitrogen and oxygen atoms in total. The SMILES string of the molecule is CC1OCCC1(CBr)Cc1c(F)cccc1Cl. The molecule has 1 saturated heterocycles. The molecule has 2 atom stereocenters. The summed E-state index contributed by atoms with van der Waals surface area (Å²) in [5, 5.41) is 1.30. The molecule has 1 aliphatic rings. The summed E-state index contributed by atoms with van der Waals surface area (Å²) in [6.45, 7) is 2.78. The first kappa shape index (κ1) is 13.3. The molecule has 2 rings (SSSR count). The predicted octanol–water partition coefficient (Wildman–Crippen LogP) is 4.21. The number of alkyl halides is 1. The average molecular weight is 322 g/mol. The Morgan fingerprint density at radius 3 is 2.88 bits per heavy atom. The minimum atomic E-state index is -0.225. The summed E-state index contributed by atoms with van der Waals surface area (Å²) in [4.78, 5) is 0. The minimum absolute atomic E-state index is 0.0498. The van der Waals surface area contributed by atoms with E-state index in [1.54, 1.807) is 12.1 Å². The van der Waals surface area contributed by atoms with Gasteiger partial charge < -0.3 is 4.74 Å². The highest BCUT2D eigenvalue weighted by molar-refractivity contribution is 9.09. The van der Waals surface area contributed by atoms with Crippen molar-refractivity contribution in [2.45, 2.75) is 25.9 Å². The quantitative estimate of drug-likeness (QED) is 0.758. The van der Waals surface area contributed by atoms with Gasteiger partial charge in [-0.1, -0.05) is 33.6 Å². The maximum Gasteiger partial charge on any atom is 0.127 e. The second kappa shape index (κ2) is 5.25. The highest BCUT2D eigenvalue weighted by atomic mass is 79.9. The molecule has 0 saturated carbocycles. The Bertz CT molecular complexity index is 392. The van der Waals surface area contributed by atoms with Gasteiger partial charge in [0.15, 0.2) is 0 Å². The van der Waals surface area contributed by atoms with E-state index in [9.17, 15) is 4.39 Å². The summed E-state index contributed by atoms with van der Waals surface area (Å²) in [6, 6.07) is 4.84. The number of ether oxygens (including phenoxy) is 1. The second-order valence-corrected chi connectivity index (χ2v) is 5.60. The molecule has 1 aromatic rings. The molecule has 94 valence electrons. The van der Waals surface area contributed by atoms with Gasteiger partial charge >= 0.3 is 0 Å². The van der Waals surface area contributed by atoms with E-state index in [0.717, 1.165) is 18.4 Å². The van der Waals surface area contributed by atoms with Crippen molar-refractivity contribution in [1.29, 1.82) is 0 Å². The molecular formula is C13H15BrClFO. The van der Waals surface area contributed by atoms with Crippen LogP contribution in [0, 0.1) is 11.2 Å². The van der Waals surface area contributed by atoms with Crippen molar-refractivity contribution < 1.29 is 9.13 Å². The smallest absolute Gasteiger partial charge is 0.127 e. The normalized spacial score (nSPS) is 28.6. The van der Waals surface area contributed by atoms with Crippen molar-refractivity contribution >= 4 is 27.5 Å². The third-order valence-electron chi connectivity index (χ3n) is 3.69. The molecule has 0 radical (unpaired) electrons. The van der Waals surface area contributed by atoms with Gasteiger partial charge in [0.25, 0.3) is 0 Å². The molecule has 1 aliphatic heterocycles. The van der Waals surface area contributed by atoms with Crippen LogP contribution in [0.15, 0.2) is 18.2 Å². The summed E-state index contributed by atoms with van der Waals surface area (Å²) in [5.74, 6) is -0.225. The average Bonchev–Trinajstić information content (AvgIpc) is 2.66. The van der Waals surface area contributed by atoms with Crippen molar-refractivity contribution in [3.8, 4) is 0 Å². The first-order valence-electron chi connectivity index (χ1n) is 5.69. The van der Waals surface area contributed by atoms with E-state index >= 15 is 0 Å². The van der Waals surface area contributed by atoms with Gasteiger partial charge in [0.2, 0.25) is 0 Å². The Balaban J connectivity index is 2.30. The molecule has 0 aromatic heterocycles. The molecule has 1 fully saturated rings. The third kappa shape index (κ3) is 2.51. The van der Waals surface area contributed by atoms with Gasteiger partial charge in [-0.25, -0.2) is 4.39 Å². The molecule has 0 amide bonds. The van der Waals surface area contributed by atoms with Crippen LogP contribution < -0.4 is 0 Å². The fourth-order valence-corrected chi connectivity index (χ4v) is 3.49. The molecule has 17 heavy (non-hydrogen) atoms. The van der Waals surface area contributed by atoms with E-state index in [-0.39, 0.29) is 17.3 Å². The van der Waals surface area contributed by atoms with Gasteiger partial charge in [-0.05, 0) is 31.9 Å². The fourth-order valence-electron chi connectivity index (χ4n) is 2.33. The molecule has 2 unspecified atom stereocenters.